The summed E-state index contributed by atoms with van der Waals surface area (Å²) in [5, 5.41) is 3.11. The Balaban J connectivity index is 1.34. The van der Waals surface area contributed by atoms with Crippen LogP contribution in [0.15, 0.2) is 54.7 Å². The van der Waals surface area contributed by atoms with Gasteiger partial charge >= 0.3 is 0 Å². The van der Waals surface area contributed by atoms with Crippen molar-refractivity contribution in [1.82, 2.24) is 15.3 Å². The molecule has 1 atom stereocenters. The van der Waals surface area contributed by atoms with Crippen LogP contribution in [0, 0.1) is 5.82 Å². The Labute approximate surface area is 172 Å². The van der Waals surface area contributed by atoms with Crippen LogP contribution in [0.2, 0.25) is 5.02 Å². The minimum atomic E-state index is -0.453. The molecule has 5 nitrogen and oxygen atoms in total. The van der Waals surface area contributed by atoms with Crippen molar-refractivity contribution >= 4 is 17.5 Å². The Morgan fingerprint density at radius 3 is 2.86 bits per heavy atom. The normalized spacial score (nSPS) is 15.4. The summed E-state index contributed by atoms with van der Waals surface area (Å²) in [6.45, 7) is -0.182. The van der Waals surface area contributed by atoms with Crippen LogP contribution >= 0.6 is 11.6 Å². The number of rotatable bonds is 5. The van der Waals surface area contributed by atoms with Gasteiger partial charge < -0.3 is 10.1 Å². The number of benzene rings is 2. The van der Waals surface area contributed by atoms with Gasteiger partial charge in [0.1, 0.15) is 11.6 Å². The van der Waals surface area contributed by atoms with E-state index in [-0.39, 0.29) is 29.3 Å². The molecule has 0 spiro atoms. The number of nitrogens with zero attached hydrogens (tertiary/aromatic N) is 2. The highest BCUT2D eigenvalue weighted by Gasteiger charge is 2.22. The number of hydrogen-bond donors (Lipinski definition) is 1. The minimum Gasteiger partial charge on any atom is -0.482 e. The van der Waals surface area contributed by atoms with E-state index in [1.165, 1.54) is 12.1 Å². The van der Waals surface area contributed by atoms with Crippen LogP contribution in [0.25, 0.3) is 11.4 Å². The number of nitrogens with one attached hydrogen (secondary N) is 1. The van der Waals surface area contributed by atoms with Crippen LogP contribution in [0.3, 0.4) is 0 Å². The Morgan fingerprint density at radius 1 is 1.24 bits per heavy atom. The smallest absolute Gasteiger partial charge is 0.258 e. The summed E-state index contributed by atoms with van der Waals surface area (Å²) in [7, 11) is 0. The van der Waals surface area contributed by atoms with E-state index in [0.717, 1.165) is 41.6 Å². The zero-order valence-electron chi connectivity index (χ0n) is 15.6. The predicted octanol–water partition coefficient (Wildman–Crippen LogP) is 3.99. The molecule has 0 saturated carbocycles. The maximum Gasteiger partial charge on any atom is 0.258 e. The highest BCUT2D eigenvalue weighted by atomic mass is 35.5. The maximum absolute atomic E-state index is 13.1. The van der Waals surface area contributed by atoms with Crippen molar-refractivity contribution in [2.24, 2.45) is 0 Å². The second kappa shape index (κ2) is 8.57. The molecule has 148 valence electrons. The number of fused-ring (bicyclic) bond motifs is 1. The third-order valence-corrected chi connectivity index (χ3v) is 5.10. The summed E-state index contributed by atoms with van der Waals surface area (Å²) >= 11 is 5.91. The number of hydrogen-bond acceptors (Lipinski definition) is 4. The van der Waals surface area contributed by atoms with Crippen molar-refractivity contribution in [2.75, 3.05) is 6.61 Å². The predicted molar refractivity (Wildman–Crippen MR) is 108 cm³/mol. The zero-order valence-corrected chi connectivity index (χ0v) is 16.3. The van der Waals surface area contributed by atoms with Crippen LogP contribution in [0.5, 0.6) is 5.75 Å². The van der Waals surface area contributed by atoms with Crippen molar-refractivity contribution in [3.8, 4) is 17.1 Å². The molecular weight excluding hydrogens is 393 g/mol. The lowest BCUT2D eigenvalue weighted by Crippen LogP contribution is -2.41. The zero-order chi connectivity index (χ0) is 20.2. The van der Waals surface area contributed by atoms with Crippen LogP contribution in [0.1, 0.15) is 17.7 Å². The lowest BCUT2D eigenvalue weighted by molar-refractivity contribution is -0.123. The number of halogens is 2. The quantitative estimate of drug-likeness (QED) is 0.689. The van der Waals surface area contributed by atoms with Crippen molar-refractivity contribution in [2.45, 2.75) is 25.3 Å². The van der Waals surface area contributed by atoms with Crippen molar-refractivity contribution in [3.63, 3.8) is 0 Å². The molecule has 2 aromatic carbocycles. The van der Waals surface area contributed by atoms with E-state index in [4.69, 9.17) is 21.3 Å². The Bertz CT molecular complexity index is 1030. The monoisotopic (exact) mass is 411 g/mol. The van der Waals surface area contributed by atoms with Gasteiger partial charge in [0, 0.05) is 23.5 Å². The third-order valence-electron chi connectivity index (χ3n) is 4.80. The summed E-state index contributed by atoms with van der Waals surface area (Å²) in [5.41, 5.74) is 3.06. The van der Waals surface area contributed by atoms with E-state index in [2.05, 4.69) is 10.3 Å². The Hall–Kier alpha value is -2.99. The van der Waals surface area contributed by atoms with Gasteiger partial charge in [0.15, 0.2) is 12.4 Å². The molecular formula is C22H19ClFN3O2. The average molecular weight is 412 g/mol. The average Bonchev–Trinajstić information content (AvgIpc) is 2.73. The first-order valence-corrected chi connectivity index (χ1v) is 9.74. The van der Waals surface area contributed by atoms with Gasteiger partial charge in [-0.1, -0.05) is 41.9 Å². The molecule has 1 heterocycles. The van der Waals surface area contributed by atoms with Gasteiger partial charge in [-0.3, -0.25) is 4.79 Å². The maximum atomic E-state index is 13.1. The number of carbonyl (C=O) groups excluding carboxylic acids is 1. The first-order valence-electron chi connectivity index (χ1n) is 9.36. The highest BCUT2D eigenvalue weighted by molar-refractivity contribution is 6.32. The van der Waals surface area contributed by atoms with Crippen molar-refractivity contribution < 1.29 is 13.9 Å². The molecule has 1 aromatic heterocycles. The molecule has 1 aliphatic rings. The highest BCUT2D eigenvalue weighted by Crippen LogP contribution is 2.25. The number of ether oxygens (including phenoxy) is 1. The van der Waals surface area contributed by atoms with Gasteiger partial charge in [0.05, 0.1) is 5.02 Å². The molecule has 0 fully saturated rings. The molecule has 29 heavy (non-hydrogen) atoms. The van der Waals surface area contributed by atoms with E-state index >= 15 is 0 Å². The van der Waals surface area contributed by atoms with E-state index in [1.807, 2.05) is 36.5 Å². The van der Waals surface area contributed by atoms with Gasteiger partial charge in [-0.15, -0.1) is 0 Å². The van der Waals surface area contributed by atoms with Crippen LogP contribution in [-0.4, -0.2) is 28.5 Å². The minimum absolute atomic E-state index is 0.00605. The van der Waals surface area contributed by atoms with Gasteiger partial charge in [-0.2, -0.15) is 0 Å². The van der Waals surface area contributed by atoms with Gasteiger partial charge in [0.2, 0.25) is 0 Å². The fourth-order valence-corrected chi connectivity index (χ4v) is 3.58. The van der Waals surface area contributed by atoms with Crippen molar-refractivity contribution in [3.05, 3.63) is 76.8 Å². The largest absolute Gasteiger partial charge is 0.482 e. The summed E-state index contributed by atoms with van der Waals surface area (Å²) < 4.78 is 18.5. The fourth-order valence-electron chi connectivity index (χ4n) is 3.36. The third kappa shape index (κ3) is 4.71. The Kier molecular flexibility index (Phi) is 5.71. The number of aryl methyl sites for hydroxylation is 1. The van der Waals surface area contributed by atoms with E-state index < -0.39 is 5.82 Å². The molecule has 0 radical (unpaired) electrons. The Morgan fingerprint density at radius 2 is 2.07 bits per heavy atom. The summed E-state index contributed by atoms with van der Waals surface area (Å²) in [6, 6.07) is 13.6. The summed E-state index contributed by atoms with van der Waals surface area (Å²) in [4.78, 5) is 21.4. The second-order valence-electron chi connectivity index (χ2n) is 6.90. The lowest BCUT2D eigenvalue weighted by Gasteiger charge is -2.25. The number of aromatic nitrogens is 2. The molecule has 0 saturated heterocycles. The van der Waals surface area contributed by atoms with Gasteiger partial charge in [-0.25, -0.2) is 14.4 Å². The standard InChI is InChI=1S/C22H19ClFN3O2/c23-18-11-16(24)6-9-20(18)29-13-21(28)26-17-7-8-19-15(10-17)12-25-22(27-19)14-4-2-1-3-5-14/h1-6,9,11-12,17H,7-8,10,13H2,(H,26,28)/t17-/m0/s1. The lowest BCUT2D eigenvalue weighted by atomic mass is 9.92. The van der Waals surface area contributed by atoms with Crippen LogP contribution < -0.4 is 10.1 Å². The number of carbonyl (C=O) groups is 1. The van der Waals surface area contributed by atoms with Crippen LogP contribution in [-0.2, 0) is 17.6 Å². The summed E-state index contributed by atoms with van der Waals surface area (Å²) in [6.07, 6.45) is 4.08. The molecule has 0 unspecified atom stereocenters. The number of amides is 1. The van der Waals surface area contributed by atoms with E-state index in [0.29, 0.717) is 6.42 Å². The summed E-state index contributed by atoms with van der Waals surface area (Å²) in [5.74, 6) is 0.293. The first-order chi connectivity index (χ1) is 14.1. The second-order valence-corrected chi connectivity index (χ2v) is 7.31. The molecule has 0 aliphatic heterocycles. The molecule has 1 aliphatic carbocycles. The topological polar surface area (TPSA) is 64.1 Å². The van der Waals surface area contributed by atoms with Crippen molar-refractivity contribution in [1.29, 1.82) is 0 Å². The fraction of sp³-hybridized carbons (Fsp3) is 0.227. The van der Waals surface area contributed by atoms with Crippen LogP contribution in [0.4, 0.5) is 4.39 Å². The van der Waals surface area contributed by atoms with E-state index in [9.17, 15) is 9.18 Å². The molecule has 4 rings (SSSR count). The van der Waals surface area contributed by atoms with E-state index in [1.54, 1.807) is 0 Å². The molecule has 3 aromatic rings. The molecule has 1 amide bonds. The SMILES string of the molecule is O=C(COc1ccc(F)cc1Cl)N[C@H]1CCc2nc(-c3ccccc3)ncc2C1. The molecule has 1 N–H and O–H groups in total. The van der Waals surface area contributed by atoms with Gasteiger partial charge in [-0.05, 0) is 43.0 Å². The molecule has 0 bridgehead atoms. The van der Waals surface area contributed by atoms with Gasteiger partial charge in [0.25, 0.3) is 5.91 Å². The molecule has 7 heteroatoms. The first kappa shape index (κ1) is 19.3.